The van der Waals surface area contributed by atoms with Crippen LogP contribution in [0, 0.1) is 0 Å². The van der Waals surface area contributed by atoms with Crippen molar-refractivity contribution >= 4 is 28.7 Å². The first-order valence-electron chi connectivity index (χ1n) is 3.83. The summed E-state index contributed by atoms with van der Waals surface area (Å²) in [5.74, 6) is 0. The van der Waals surface area contributed by atoms with Gasteiger partial charge in [-0.3, -0.25) is 0 Å². The van der Waals surface area contributed by atoms with E-state index in [4.69, 9.17) is 11.6 Å². The minimum atomic E-state index is 0.121. The normalized spacial score (nSPS) is 23.8. The topological polar surface area (TPSA) is 24.9 Å². The average Bonchev–Trinajstić information content (AvgIpc) is 2.56. The van der Waals surface area contributed by atoms with Crippen LogP contribution in [0.3, 0.4) is 0 Å². The number of aromatic nitrogens is 1. The van der Waals surface area contributed by atoms with Gasteiger partial charge in [0.15, 0.2) is 0 Å². The molecule has 2 heterocycles. The zero-order valence-electron chi connectivity index (χ0n) is 6.46. The second-order valence-electron chi connectivity index (χ2n) is 2.72. The highest BCUT2D eigenvalue weighted by atomic mass is 35.5. The molecule has 1 aliphatic heterocycles. The van der Waals surface area contributed by atoms with Crippen LogP contribution in [0.1, 0.15) is 4.88 Å². The molecule has 1 unspecified atom stereocenters. The van der Waals surface area contributed by atoms with Crippen LogP contribution in [-0.2, 0) is 0 Å². The molecule has 2 rings (SSSR count). The highest BCUT2D eigenvalue weighted by Crippen LogP contribution is 2.21. The Kier molecular flexibility index (Phi) is 2.44. The maximum absolute atomic E-state index is 5.97. The summed E-state index contributed by atoms with van der Waals surface area (Å²) in [6.07, 6.45) is 3.92. The van der Waals surface area contributed by atoms with Gasteiger partial charge in [0.2, 0.25) is 0 Å². The fourth-order valence-corrected chi connectivity index (χ4v) is 2.11. The maximum Gasteiger partial charge on any atom is 0.0647 e. The van der Waals surface area contributed by atoms with E-state index >= 15 is 0 Å². The van der Waals surface area contributed by atoms with Gasteiger partial charge in [0, 0.05) is 19.3 Å². The summed E-state index contributed by atoms with van der Waals surface area (Å²) in [6.45, 7) is 1.77. The van der Waals surface area contributed by atoms with Gasteiger partial charge in [0.25, 0.3) is 0 Å². The van der Waals surface area contributed by atoms with Gasteiger partial charge >= 0.3 is 0 Å². The second kappa shape index (κ2) is 3.56. The quantitative estimate of drug-likeness (QED) is 0.699. The number of hydrogen-bond donors (Lipinski definition) is 1. The molecule has 12 heavy (non-hydrogen) atoms. The summed E-state index contributed by atoms with van der Waals surface area (Å²) in [4.78, 5) is 1.22. The van der Waals surface area contributed by atoms with E-state index in [1.54, 1.807) is 0 Å². The van der Waals surface area contributed by atoms with Gasteiger partial charge in [-0.05, 0) is 23.2 Å². The predicted molar refractivity (Wildman–Crippen MR) is 52.6 cm³/mol. The highest BCUT2D eigenvalue weighted by molar-refractivity contribution is 7.07. The molecular weight excluding hydrogens is 192 g/mol. The number of rotatable bonds is 1. The van der Waals surface area contributed by atoms with Crippen LogP contribution in [0.25, 0.3) is 5.57 Å². The lowest BCUT2D eigenvalue weighted by Crippen LogP contribution is -2.28. The Morgan fingerprint density at radius 3 is 3.25 bits per heavy atom. The molecule has 0 fully saturated rings. The molecule has 0 spiro atoms. The molecule has 0 saturated heterocycles. The third-order valence-corrected chi connectivity index (χ3v) is 2.89. The fourth-order valence-electron chi connectivity index (χ4n) is 1.23. The minimum absolute atomic E-state index is 0.121. The van der Waals surface area contributed by atoms with Crippen molar-refractivity contribution in [2.24, 2.45) is 0 Å². The number of halogens is 1. The van der Waals surface area contributed by atoms with E-state index in [0.717, 1.165) is 13.1 Å². The first-order chi connectivity index (χ1) is 5.86. The molecule has 1 aliphatic rings. The molecule has 0 aromatic carbocycles. The third kappa shape index (κ3) is 1.68. The molecule has 0 aliphatic carbocycles. The molecule has 1 N–H and O–H groups in total. The van der Waals surface area contributed by atoms with Gasteiger partial charge in [-0.1, -0.05) is 6.08 Å². The van der Waals surface area contributed by atoms with E-state index in [2.05, 4.69) is 15.8 Å². The summed E-state index contributed by atoms with van der Waals surface area (Å²) in [5, 5.41) is 3.37. The van der Waals surface area contributed by atoms with Crippen molar-refractivity contribution in [3.63, 3.8) is 0 Å². The molecule has 1 atom stereocenters. The summed E-state index contributed by atoms with van der Waals surface area (Å²) >= 11 is 7.49. The Bertz CT molecular complexity index is 281. The smallest absolute Gasteiger partial charge is 0.0647 e. The molecule has 0 bridgehead atoms. The molecule has 64 valence electrons. The van der Waals surface area contributed by atoms with Crippen LogP contribution >= 0.6 is 23.1 Å². The van der Waals surface area contributed by atoms with Gasteiger partial charge in [0.1, 0.15) is 0 Å². The van der Waals surface area contributed by atoms with Gasteiger partial charge in [-0.15, -0.1) is 11.6 Å². The highest BCUT2D eigenvalue weighted by Gasteiger charge is 2.12. The van der Waals surface area contributed by atoms with Gasteiger partial charge < -0.3 is 5.32 Å². The Hall–Kier alpha value is -0.380. The molecule has 4 heteroatoms. The van der Waals surface area contributed by atoms with Crippen LogP contribution in [0.2, 0.25) is 0 Å². The van der Waals surface area contributed by atoms with Crippen molar-refractivity contribution in [2.75, 3.05) is 13.1 Å². The van der Waals surface area contributed by atoms with Crippen molar-refractivity contribution in [3.05, 3.63) is 23.2 Å². The standard InChI is InChI=1S/C8H9ClN2S/c9-7-3-6(4-10-5-7)8-1-2-11-12-8/h1-3,7,10H,4-5H2. The second-order valence-corrected chi connectivity index (χ2v) is 4.11. The molecule has 0 saturated carbocycles. The van der Waals surface area contributed by atoms with Crippen LogP contribution < -0.4 is 5.32 Å². The van der Waals surface area contributed by atoms with Crippen molar-refractivity contribution in [1.29, 1.82) is 0 Å². The van der Waals surface area contributed by atoms with Crippen molar-refractivity contribution in [1.82, 2.24) is 9.69 Å². The molecule has 2 nitrogen and oxygen atoms in total. The van der Waals surface area contributed by atoms with Gasteiger partial charge in [-0.25, -0.2) is 4.37 Å². The van der Waals surface area contributed by atoms with Gasteiger partial charge in [-0.2, -0.15) is 0 Å². The Labute approximate surface area is 80.4 Å². The molecular formula is C8H9ClN2S. The largest absolute Gasteiger partial charge is 0.311 e. The molecule has 1 aromatic heterocycles. The van der Waals surface area contributed by atoms with E-state index in [1.807, 2.05) is 12.3 Å². The van der Waals surface area contributed by atoms with E-state index in [9.17, 15) is 0 Å². The van der Waals surface area contributed by atoms with Crippen LogP contribution in [0.5, 0.6) is 0 Å². The molecule has 1 aromatic rings. The zero-order chi connectivity index (χ0) is 8.39. The van der Waals surface area contributed by atoms with E-state index in [-0.39, 0.29) is 5.38 Å². The maximum atomic E-state index is 5.97. The number of alkyl halides is 1. The lowest BCUT2D eigenvalue weighted by atomic mass is 10.1. The molecule has 0 amide bonds. The van der Waals surface area contributed by atoms with Crippen LogP contribution in [0.15, 0.2) is 18.3 Å². The number of nitrogens with one attached hydrogen (secondary N) is 1. The predicted octanol–water partition coefficient (Wildman–Crippen LogP) is 1.74. The Morgan fingerprint density at radius 2 is 2.58 bits per heavy atom. The van der Waals surface area contributed by atoms with Gasteiger partial charge in [0.05, 0.1) is 10.3 Å². The average molecular weight is 201 g/mol. The van der Waals surface area contributed by atoms with E-state index in [1.165, 1.54) is 22.0 Å². The fraction of sp³-hybridized carbons (Fsp3) is 0.375. The van der Waals surface area contributed by atoms with Crippen molar-refractivity contribution in [3.8, 4) is 0 Å². The number of hydrogen-bond acceptors (Lipinski definition) is 3. The third-order valence-electron chi connectivity index (χ3n) is 1.79. The zero-order valence-corrected chi connectivity index (χ0v) is 8.03. The lowest BCUT2D eigenvalue weighted by molar-refractivity contribution is 0.745. The van der Waals surface area contributed by atoms with Crippen molar-refractivity contribution < 1.29 is 0 Å². The monoisotopic (exact) mass is 200 g/mol. The van der Waals surface area contributed by atoms with Crippen LogP contribution in [-0.4, -0.2) is 22.8 Å². The minimum Gasteiger partial charge on any atom is -0.311 e. The van der Waals surface area contributed by atoms with Crippen molar-refractivity contribution in [2.45, 2.75) is 5.38 Å². The summed E-state index contributed by atoms with van der Waals surface area (Å²) in [5.41, 5.74) is 1.27. The Balaban J connectivity index is 2.23. The first kappa shape index (κ1) is 8.23. The lowest BCUT2D eigenvalue weighted by Gasteiger charge is -2.16. The SMILES string of the molecule is ClC1C=C(c2ccns2)CNC1. The first-order valence-corrected chi connectivity index (χ1v) is 5.04. The van der Waals surface area contributed by atoms with E-state index < -0.39 is 0 Å². The summed E-state index contributed by atoms with van der Waals surface area (Å²) in [6, 6.07) is 2.02. The Morgan fingerprint density at radius 1 is 1.67 bits per heavy atom. The summed E-state index contributed by atoms with van der Waals surface area (Å²) in [7, 11) is 0. The number of nitrogens with zero attached hydrogens (tertiary/aromatic N) is 1. The van der Waals surface area contributed by atoms with Crippen LogP contribution in [0.4, 0.5) is 0 Å². The summed E-state index contributed by atoms with van der Waals surface area (Å²) < 4.78 is 4.05. The molecule has 0 radical (unpaired) electrons. The van der Waals surface area contributed by atoms with E-state index in [0.29, 0.717) is 0 Å².